The largest absolute Gasteiger partial charge is 0.497 e. The van der Waals surface area contributed by atoms with Crippen molar-refractivity contribution in [2.45, 2.75) is 16.8 Å². The van der Waals surface area contributed by atoms with Gasteiger partial charge in [0.2, 0.25) is 9.84 Å². The summed E-state index contributed by atoms with van der Waals surface area (Å²) in [5, 5.41) is 1.12. The highest BCUT2D eigenvalue weighted by Gasteiger charge is 2.22. The van der Waals surface area contributed by atoms with Crippen LogP contribution in [-0.4, -0.2) is 20.1 Å². The molecule has 0 spiro atoms. The van der Waals surface area contributed by atoms with Gasteiger partial charge in [0, 0.05) is 18.0 Å². The molecule has 0 atom stereocenters. The number of hydrogen-bond donors (Lipinski definition) is 0. The molecular weight excluding hydrogens is 298 g/mol. The lowest BCUT2D eigenvalue weighted by atomic mass is 10.2. The van der Waals surface area contributed by atoms with Crippen molar-refractivity contribution in [3.63, 3.8) is 0 Å². The number of aromatic nitrogens is 1. The van der Waals surface area contributed by atoms with Gasteiger partial charge in [-0.1, -0.05) is 17.7 Å². The summed E-state index contributed by atoms with van der Waals surface area (Å²) in [5.74, 6) is 0.706. The molecular formula is C17H17NO3S. The van der Waals surface area contributed by atoms with Crippen molar-refractivity contribution in [3.8, 4) is 5.75 Å². The first-order valence-corrected chi connectivity index (χ1v) is 8.37. The molecule has 0 fully saturated rings. The highest BCUT2D eigenvalue weighted by molar-refractivity contribution is 7.91. The van der Waals surface area contributed by atoms with Crippen molar-refractivity contribution in [2.24, 2.45) is 7.05 Å². The Balaban J connectivity index is 2.20. The fourth-order valence-electron chi connectivity index (χ4n) is 2.53. The Bertz CT molecular complexity index is 938. The number of benzene rings is 2. The molecule has 0 bridgehead atoms. The van der Waals surface area contributed by atoms with Crippen LogP contribution < -0.4 is 4.74 Å². The molecule has 114 valence electrons. The lowest BCUT2D eigenvalue weighted by molar-refractivity contribution is 0.415. The Morgan fingerprint density at radius 1 is 1.00 bits per heavy atom. The van der Waals surface area contributed by atoms with Gasteiger partial charge in [0.25, 0.3) is 0 Å². The molecule has 3 rings (SSSR count). The maximum atomic E-state index is 12.8. The standard InChI is InChI=1S/C17H17NO3S/c1-12-4-7-15(8-5-12)22(19,20)17-11-13-10-14(21-3)6-9-16(13)18(17)2/h4-11H,1-3H3. The predicted octanol–water partition coefficient (Wildman–Crippen LogP) is 3.33. The number of sulfone groups is 1. The number of hydrogen-bond acceptors (Lipinski definition) is 3. The van der Waals surface area contributed by atoms with Crippen molar-refractivity contribution in [1.29, 1.82) is 0 Å². The molecule has 0 aliphatic carbocycles. The van der Waals surface area contributed by atoms with E-state index in [2.05, 4.69) is 0 Å². The topological polar surface area (TPSA) is 48.3 Å². The van der Waals surface area contributed by atoms with Crippen LogP contribution in [0.5, 0.6) is 5.75 Å². The van der Waals surface area contributed by atoms with Crippen molar-refractivity contribution in [1.82, 2.24) is 4.57 Å². The van der Waals surface area contributed by atoms with E-state index in [4.69, 9.17) is 4.74 Å². The first kappa shape index (κ1) is 14.7. The molecule has 5 heteroatoms. The van der Waals surface area contributed by atoms with Gasteiger partial charge in [-0.05, 0) is 43.3 Å². The molecule has 0 aliphatic heterocycles. The van der Waals surface area contributed by atoms with Crippen molar-refractivity contribution >= 4 is 20.7 Å². The lowest BCUT2D eigenvalue weighted by Crippen LogP contribution is -2.07. The van der Waals surface area contributed by atoms with Gasteiger partial charge in [-0.3, -0.25) is 0 Å². The van der Waals surface area contributed by atoms with Crippen LogP contribution >= 0.6 is 0 Å². The predicted molar refractivity (Wildman–Crippen MR) is 86.1 cm³/mol. The lowest BCUT2D eigenvalue weighted by Gasteiger charge is -2.07. The molecule has 1 aromatic heterocycles. The highest BCUT2D eigenvalue weighted by atomic mass is 32.2. The van der Waals surface area contributed by atoms with Gasteiger partial charge in [0.1, 0.15) is 10.8 Å². The fourth-order valence-corrected chi connectivity index (χ4v) is 4.00. The SMILES string of the molecule is COc1ccc2c(c1)cc(S(=O)(=O)c1ccc(C)cc1)n2C. The molecule has 0 saturated heterocycles. The number of rotatable bonds is 3. The van der Waals surface area contributed by atoms with Crippen molar-refractivity contribution in [3.05, 3.63) is 54.1 Å². The van der Waals surface area contributed by atoms with Gasteiger partial charge in [-0.2, -0.15) is 0 Å². The normalized spacial score (nSPS) is 11.8. The van der Waals surface area contributed by atoms with E-state index in [0.717, 1.165) is 16.5 Å². The Kier molecular flexibility index (Phi) is 3.45. The molecule has 1 heterocycles. The smallest absolute Gasteiger partial charge is 0.222 e. The summed E-state index contributed by atoms with van der Waals surface area (Å²) in [6, 6.07) is 14.1. The molecule has 0 saturated carbocycles. The molecule has 0 N–H and O–H groups in total. The fraction of sp³-hybridized carbons (Fsp3) is 0.176. The van der Waals surface area contributed by atoms with E-state index < -0.39 is 9.84 Å². The minimum atomic E-state index is -3.55. The number of nitrogens with zero attached hydrogens (tertiary/aromatic N) is 1. The molecule has 3 aromatic rings. The van der Waals surface area contributed by atoms with E-state index in [1.54, 1.807) is 49.1 Å². The maximum absolute atomic E-state index is 12.8. The third kappa shape index (κ3) is 2.27. The molecule has 0 aliphatic rings. The van der Waals surface area contributed by atoms with Gasteiger partial charge in [0.15, 0.2) is 0 Å². The zero-order chi connectivity index (χ0) is 15.9. The van der Waals surface area contributed by atoms with Crippen LogP contribution in [0.15, 0.2) is 58.5 Å². The second kappa shape index (κ2) is 5.18. The van der Waals surface area contributed by atoms with Crippen LogP contribution in [0.2, 0.25) is 0 Å². The third-order valence-electron chi connectivity index (χ3n) is 3.81. The summed E-state index contributed by atoms with van der Waals surface area (Å²) in [6.45, 7) is 1.93. The van der Waals surface area contributed by atoms with Crippen LogP contribution in [0.25, 0.3) is 10.9 Å². The molecule has 22 heavy (non-hydrogen) atoms. The quantitative estimate of drug-likeness (QED) is 0.745. The van der Waals surface area contributed by atoms with E-state index in [9.17, 15) is 8.42 Å². The Morgan fingerprint density at radius 3 is 2.32 bits per heavy atom. The molecule has 0 amide bonds. The zero-order valence-corrected chi connectivity index (χ0v) is 13.5. The number of aryl methyl sites for hydroxylation is 2. The van der Waals surface area contributed by atoms with Crippen LogP contribution in [0.4, 0.5) is 0 Å². The van der Waals surface area contributed by atoms with E-state index >= 15 is 0 Å². The van der Waals surface area contributed by atoms with E-state index in [1.165, 1.54) is 0 Å². The summed E-state index contributed by atoms with van der Waals surface area (Å²) in [7, 11) is -0.195. The van der Waals surface area contributed by atoms with Crippen LogP contribution in [0, 0.1) is 6.92 Å². The van der Waals surface area contributed by atoms with Gasteiger partial charge < -0.3 is 9.30 Å². The maximum Gasteiger partial charge on any atom is 0.222 e. The minimum absolute atomic E-state index is 0.277. The van der Waals surface area contributed by atoms with Crippen molar-refractivity contribution in [2.75, 3.05) is 7.11 Å². The summed E-state index contributed by atoms with van der Waals surface area (Å²) in [6.07, 6.45) is 0. The summed E-state index contributed by atoms with van der Waals surface area (Å²) in [4.78, 5) is 0.302. The summed E-state index contributed by atoms with van der Waals surface area (Å²) >= 11 is 0. The van der Waals surface area contributed by atoms with Crippen LogP contribution in [0.1, 0.15) is 5.56 Å². The molecule has 2 aromatic carbocycles. The second-order valence-corrected chi connectivity index (χ2v) is 7.18. The Labute approximate surface area is 129 Å². The van der Waals surface area contributed by atoms with Crippen LogP contribution in [-0.2, 0) is 16.9 Å². The van der Waals surface area contributed by atoms with Gasteiger partial charge in [-0.15, -0.1) is 0 Å². The van der Waals surface area contributed by atoms with E-state index in [-0.39, 0.29) is 5.03 Å². The van der Waals surface area contributed by atoms with E-state index in [1.807, 2.05) is 25.1 Å². The third-order valence-corrected chi connectivity index (χ3v) is 5.65. The first-order chi connectivity index (χ1) is 10.4. The van der Waals surface area contributed by atoms with Crippen LogP contribution in [0.3, 0.4) is 0 Å². The van der Waals surface area contributed by atoms with Gasteiger partial charge in [0.05, 0.1) is 12.0 Å². The monoisotopic (exact) mass is 315 g/mol. The number of methoxy groups -OCH3 is 1. The zero-order valence-electron chi connectivity index (χ0n) is 12.7. The molecule has 0 unspecified atom stereocenters. The first-order valence-electron chi connectivity index (χ1n) is 6.89. The van der Waals surface area contributed by atoms with E-state index in [0.29, 0.717) is 10.6 Å². The molecule has 4 nitrogen and oxygen atoms in total. The number of ether oxygens (including phenoxy) is 1. The van der Waals surface area contributed by atoms with Crippen molar-refractivity contribution < 1.29 is 13.2 Å². The summed E-state index contributed by atoms with van der Waals surface area (Å²) in [5.41, 5.74) is 1.88. The number of fused-ring (bicyclic) bond motifs is 1. The Hall–Kier alpha value is -2.27. The highest BCUT2D eigenvalue weighted by Crippen LogP contribution is 2.29. The van der Waals surface area contributed by atoms with Gasteiger partial charge in [-0.25, -0.2) is 8.42 Å². The average molecular weight is 315 g/mol. The summed E-state index contributed by atoms with van der Waals surface area (Å²) < 4.78 is 32.6. The minimum Gasteiger partial charge on any atom is -0.497 e. The van der Waals surface area contributed by atoms with Gasteiger partial charge >= 0.3 is 0 Å². The molecule has 0 radical (unpaired) electrons. The second-order valence-electron chi connectivity index (χ2n) is 5.28. The average Bonchev–Trinajstić information content (AvgIpc) is 2.85. The Morgan fingerprint density at radius 2 is 1.68 bits per heavy atom.